The summed E-state index contributed by atoms with van der Waals surface area (Å²) in [5.74, 6) is 0.829. The molecule has 1 fully saturated rings. The van der Waals surface area contributed by atoms with Crippen LogP contribution < -0.4 is 4.90 Å². The van der Waals surface area contributed by atoms with Gasteiger partial charge in [-0.15, -0.1) is 0 Å². The highest BCUT2D eigenvalue weighted by Crippen LogP contribution is 2.22. The van der Waals surface area contributed by atoms with Gasteiger partial charge in [0.25, 0.3) is 0 Å². The molecule has 6 nitrogen and oxygen atoms in total. The lowest BCUT2D eigenvalue weighted by Gasteiger charge is -2.33. The molecule has 1 atom stereocenters. The molecule has 0 spiro atoms. The van der Waals surface area contributed by atoms with Crippen LogP contribution in [-0.4, -0.2) is 54.6 Å². The Kier molecular flexibility index (Phi) is 4.54. The predicted octanol–water partition coefficient (Wildman–Crippen LogP) is 1.10. The summed E-state index contributed by atoms with van der Waals surface area (Å²) in [6.45, 7) is 5.59. The van der Waals surface area contributed by atoms with Gasteiger partial charge >= 0.3 is 0 Å². The topological polar surface area (TPSA) is 58.6 Å². The summed E-state index contributed by atoms with van der Waals surface area (Å²) in [5.41, 5.74) is 0.824. The number of hydrogen-bond donors (Lipinski definition) is 0. The number of aromatic nitrogens is 2. The second kappa shape index (κ2) is 6.17. The molecule has 0 unspecified atom stereocenters. The van der Waals surface area contributed by atoms with Crippen LogP contribution in [0.15, 0.2) is 12.3 Å². The first kappa shape index (κ1) is 14.7. The van der Waals surface area contributed by atoms with Gasteiger partial charge in [0.15, 0.2) is 0 Å². The van der Waals surface area contributed by atoms with E-state index in [4.69, 9.17) is 4.74 Å². The summed E-state index contributed by atoms with van der Waals surface area (Å²) in [7, 11) is 3.80. The molecule has 2 heterocycles. The zero-order chi connectivity index (χ0) is 14.7. The van der Waals surface area contributed by atoms with Crippen LogP contribution in [0.1, 0.15) is 25.6 Å². The summed E-state index contributed by atoms with van der Waals surface area (Å²) in [6, 6.07) is 1.85. The van der Waals surface area contributed by atoms with Crippen LogP contribution in [0.4, 0.5) is 5.95 Å². The van der Waals surface area contributed by atoms with Gasteiger partial charge in [-0.05, 0) is 6.07 Å². The van der Waals surface area contributed by atoms with Crippen molar-refractivity contribution in [3.63, 3.8) is 0 Å². The normalized spacial score (nSPS) is 19.2. The molecule has 1 aromatic heterocycles. The Bertz CT molecular complexity index is 476. The second-order valence-corrected chi connectivity index (χ2v) is 5.47. The minimum absolute atomic E-state index is 0.0106. The number of morpholine rings is 1. The molecule has 1 amide bonds. The van der Waals surface area contributed by atoms with Crippen molar-refractivity contribution < 1.29 is 9.53 Å². The Hall–Kier alpha value is -1.69. The molecule has 6 heteroatoms. The van der Waals surface area contributed by atoms with Gasteiger partial charge in [-0.3, -0.25) is 4.79 Å². The number of rotatable bonds is 3. The molecule has 1 aliphatic rings. The zero-order valence-corrected chi connectivity index (χ0v) is 12.5. The summed E-state index contributed by atoms with van der Waals surface area (Å²) < 4.78 is 5.76. The predicted molar refractivity (Wildman–Crippen MR) is 76.5 cm³/mol. The third-order valence-corrected chi connectivity index (χ3v) is 3.27. The standard InChI is InChI=1S/C14H22N4O2/c1-10(2)13(19)18-7-8-20-12(9-18)11-5-6-15-14(16-11)17(3)4/h5-6,10,12H,7-9H2,1-4H3/t12-/m0/s1. The van der Waals surface area contributed by atoms with Crippen LogP contribution in [0.2, 0.25) is 0 Å². The summed E-state index contributed by atoms with van der Waals surface area (Å²) in [6.07, 6.45) is 1.55. The van der Waals surface area contributed by atoms with Crippen molar-refractivity contribution in [2.24, 2.45) is 5.92 Å². The Labute approximate surface area is 119 Å². The Morgan fingerprint density at radius 2 is 2.25 bits per heavy atom. The number of anilines is 1. The van der Waals surface area contributed by atoms with Gasteiger partial charge in [0.2, 0.25) is 11.9 Å². The van der Waals surface area contributed by atoms with Crippen molar-refractivity contribution in [1.29, 1.82) is 0 Å². The molecule has 1 aliphatic heterocycles. The van der Waals surface area contributed by atoms with E-state index in [1.165, 1.54) is 0 Å². The maximum absolute atomic E-state index is 12.1. The fraction of sp³-hybridized carbons (Fsp3) is 0.643. The number of carbonyl (C=O) groups excluding carboxylic acids is 1. The van der Waals surface area contributed by atoms with Gasteiger partial charge < -0.3 is 14.5 Å². The maximum Gasteiger partial charge on any atom is 0.225 e. The van der Waals surface area contributed by atoms with Gasteiger partial charge in [0.1, 0.15) is 6.10 Å². The van der Waals surface area contributed by atoms with E-state index in [0.717, 1.165) is 5.69 Å². The smallest absolute Gasteiger partial charge is 0.225 e. The van der Waals surface area contributed by atoms with Crippen LogP contribution in [0.3, 0.4) is 0 Å². The van der Waals surface area contributed by atoms with Crippen LogP contribution in [-0.2, 0) is 9.53 Å². The average Bonchev–Trinajstić information content (AvgIpc) is 2.46. The van der Waals surface area contributed by atoms with Gasteiger partial charge in [-0.2, -0.15) is 0 Å². The highest BCUT2D eigenvalue weighted by atomic mass is 16.5. The van der Waals surface area contributed by atoms with Crippen molar-refractivity contribution >= 4 is 11.9 Å². The largest absolute Gasteiger partial charge is 0.368 e. The monoisotopic (exact) mass is 278 g/mol. The highest BCUT2D eigenvalue weighted by Gasteiger charge is 2.27. The minimum atomic E-state index is -0.173. The lowest BCUT2D eigenvalue weighted by molar-refractivity contribution is -0.142. The molecule has 0 radical (unpaired) electrons. The van der Waals surface area contributed by atoms with Crippen LogP contribution in [0, 0.1) is 5.92 Å². The van der Waals surface area contributed by atoms with Crippen molar-refractivity contribution in [1.82, 2.24) is 14.9 Å². The molecule has 0 aliphatic carbocycles. The molecule has 0 bridgehead atoms. The van der Waals surface area contributed by atoms with Crippen molar-refractivity contribution in [2.75, 3.05) is 38.7 Å². The van der Waals surface area contributed by atoms with Crippen LogP contribution >= 0.6 is 0 Å². The van der Waals surface area contributed by atoms with Crippen molar-refractivity contribution in [2.45, 2.75) is 20.0 Å². The van der Waals surface area contributed by atoms with Crippen LogP contribution in [0.5, 0.6) is 0 Å². The Morgan fingerprint density at radius 3 is 2.90 bits per heavy atom. The van der Waals surface area contributed by atoms with E-state index in [-0.39, 0.29) is 17.9 Å². The molecule has 1 saturated heterocycles. The van der Waals surface area contributed by atoms with Gasteiger partial charge in [0.05, 0.1) is 18.8 Å². The van der Waals surface area contributed by atoms with E-state index in [2.05, 4.69) is 9.97 Å². The lowest BCUT2D eigenvalue weighted by Crippen LogP contribution is -2.44. The van der Waals surface area contributed by atoms with E-state index < -0.39 is 0 Å². The molecule has 2 rings (SSSR count). The third kappa shape index (κ3) is 3.25. The zero-order valence-electron chi connectivity index (χ0n) is 12.5. The summed E-state index contributed by atoms with van der Waals surface area (Å²) in [5, 5.41) is 0. The second-order valence-electron chi connectivity index (χ2n) is 5.47. The molecule has 1 aromatic rings. The first-order valence-electron chi connectivity index (χ1n) is 6.89. The quantitative estimate of drug-likeness (QED) is 0.828. The van der Waals surface area contributed by atoms with Crippen molar-refractivity contribution in [3.05, 3.63) is 18.0 Å². The number of amides is 1. The first-order chi connectivity index (χ1) is 9.49. The highest BCUT2D eigenvalue weighted by molar-refractivity contribution is 5.78. The number of carbonyl (C=O) groups is 1. The number of ether oxygens (including phenoxy) is 1. The van der Waals surface area contributed by atoms with E-state index in [1.54, 1.807) is 6.20 Å². The summed E-state index contributed by atoms with van der Waals surface area (Å²) >= 11 is 0. The fourth-order valence-electron chi connectivity index (χ4n) is 2.15. The molecule has 110 valence electrons. The fourth-order valence-corrected chi connectivity index (χ4v) is 2.15. The molecular formula is C14H22N4O2. The van der Waals surface area contributed by atoms with Gasteiger partial charge in [0, 0.05) is 32.8 Å². The first-order valence-corrected chi connectivity index (χ1v) is 6.89. The Balaban J connectivity index is 2.12. The third-order valence-electron chi connectivity index (χ3n) is 3.27. The molecular weight excluding hydrogens is 256 g/mol. The van der Waals surface area contributed by atoms with E-state index >= 15 is 0 Å². The van der Waals surface area contributed by atoms with Gasteiger partial charge in [-0.25, -0.2) is 9.97 Å². The van der Waals surface area contributed by atoms with Crippen molar-refractivity contribution in [3.8, 4) is 0 Å². The van der Waals surface area contributed by atoms with E-state index in [1.807, 2.05) is 43.8 Å². The SMILES string of the molecule is CC(C)C(=O)N1CCO[C@H](c2ccnc(N(C)C)n2)C1. The average molecular weight is 278 g/mol. The van der Waals surface area contributed by atoms with E-state index in [9.17, 15) is 4.79 Å². The molecule has 20 heavy (non-hydrogen) atoms. The molecule has 0 saturated carbocycles. The maximum atomic E-state index is 12.1. The van der Waals surface area contributed by atoms with Crippen LogP contribution in [0.25, 0.3) is 0 Å². The van der Waals surface area contributed by atoms with E-state index in [0.29, 0.717) is 25.6 Å². The number of nitrogens with zero attached hydrogens (tertiary/aromatic N) is 4. The molecule has 0 N–H and O–H groups in total. The van der Waals surface area contributed by atoms with Gasteiger partial charge in [-0.1, -0.05) is 13.8 Å². The number of hydrogen-bond acceptors (Lipinski definition) is 5. The summed E-state index contributed by atoms with van der Waals surface area (Å²) in [4.78, 5) is 24.5. The minimum Gasteiger partial charge on any atom is -0.368 e. The molecule has 0 aromatic carbocycles. The lowest BCUT2D eigenvalue weighted by atomic mass is 10.1. The Morgan fingerprint density at radius 1 is 1.50 bits per heavy atom.